The third-order valence-corrected chi connectivity index (χ3v) is 2.38. The minimum absolute atomic E-state index is 0.0379. The Labute approximate surface area is 98.4 Å². The van der Waals surface area contributed by atoms with Crippen molar-refractivity contribution in [1.82, 2.24) is 5.32 Å². The Morgan fingerprint density at radius 1 is 1.47 bits per heavy atom. The van der Waals surface area contributed by atoms with E-state index in [9.17, 15) is 20.0 Å². The van der Waals surface area contributed by atoms with Gasteiger partial charge in [0, 0.05) is 19.1 Å². The summed E-state index contributed by atoms with van der Waals surface area (Å²) in [6.07, 6.45) is 0. The first kappa shape index (κ1) is 13.1. The summed E-state index contributed by atoms with van der Waals surface area (Å²) in [5.74, 6) is -0.243. The highest BCUT2D eigenvalue weighted by Gasteiger charge is 2.23. The minimum Gasteiger partial charge on any atom is -0.384 e. The maximum atomic E-state index is 10.8. The SMILES string of the molecule is CC(=O)NCC(C)(O)c1ccc([N+](=O)[O-])cc1. The van der Waals surface area contributed by atoms with Gasteiger partial charge in [0.05, 0.1) is 11.5 Å². The van der Waals surface area contributed by atoms with Crippen molar-refractivity contribution in [3.8, 4) is 0 Å². The molecule has 0 bridgehead atoms. The number of non-ortho nitro benzene ring substituents is 1. The summed E-state index contributed by atoms with van der Waals surface area (Å²) >= 11 is 0. The predicted molar refractivity (Wildman–Crippen MR) is 61.4 cm³/mol. The van der Waals surface area contributed by atoms with Crippen molar-refractivity contribution in [1.29, 1.82) is 0 Å². The Balaban J connectivity index is 2.84. The molecule has 17 heavy (non-hydrogen) atoms. The van der Waals surface area contributed by atoms with Gasteiger partial charge >= 0.3 is 0 Å². The largest absolute Gasteiger partial charge is 0.384 e. The third-order valence-electron chi connectivity index (χ3n) is 2.38. The zero-order valence-electron chi connectivity index (χ0n) is 9.64. The van der Waals surface area contributed by atoms with Crippen molar-refractivity contribution in [2.45, 2.75) is 19.4 Å². The van der Waals surface area contributed by atoms with Crippen molar-refractivity contribution in [2.75, 3.05) is 6.54 Å². The number of benzene rings is 1. The lowest BCUT2D eigenvalue weighted by molar-refractivity contribution is -0.384. The summed E-state index contributed by atoms with van der Waals surface area (Å²) in [4.78, 5) is 20.7. The quantitative estimate of drug-likeness (QED) is 0.603. The van der Waals surface area contributed by atoms with Gasteiger partial charge in [0.1, 0.15) is 5.60 Å². The molecule has 0 radical (unpaired) electrons. The fourth-order valence-electron chi connectivity index (χ4n) is 1.34. The van der Waals surface area contributed by atoms with E-state index >= 15 is 0 Å². The highest BCUT2D eigenvalue weighted by atomic mass is 16.6. The van der Waals surface area contributed by atoms with E-state index in [2.05, 4.69) is 5.32 Å². The third kappa shape index (κ3) is 3.53. The second kappa shape index (κ2) is 4.92. The Bertz CT molecular complexity index is 426. The van der Waals surface area contributed by atoms with Crippen LogP contribution in [0, 0.1) is 10.1 Å². The van der Waals surface area contributed by atoms with E-state index in [0.29, 0.717) is 5.56 Å². The van der Waals surface area contributed by atoms with Crippen LogP contribution in [0.1, 0.15) is 19.4 Å². The van der Waals surface area contributed by atoms with Gasteiger partial charge in [-0.05, 0) is 24.6 Å². The number of nitro benzene ring substituents is 1. The van der Waals surface area contributed by atoms with Crippen LogP contribution >= 0.6 is 0 Å². The number of carbonyl (C=O) groups excluding carboxylic acids is 1. The van der Waals surface area contributed by atoms with Gasteiger partial charge in [0.15, 0.2) is 0 Å². The molecule has 0 aromatic heterocycles. The molecule has 0 aliphatic heterocycles. The maximum Gasteiger partial charge on any atom is 0.269 e. The Morgan fingerprint density at radius 2 is 2.00 bits per heavy atom. The summed E-state index contributed by atoms with van der Waals surface area (Å²) in [6.45, 7) is 2.94. The van der Waals surface area contributed by atoms with Gasteiger partial charge in [0.25, 0.3) is 5.69 Å². The van der Waals surface area contributed by atoms with Crippen LogP contribution in [0.3, 0.4) is 0 Å². The van der Waals surface area contributed by atoms with E-state index in [1.54, 1.807) is 0 Å². The van der Waals surface area contributed by atoms with E-state index < -0.39 is 10.5 Å². The minimum atomic E-state index is -1.25. The first-order valence-corrected chi connectivity index (χ1v) is 5.04. The van der Waals surface area contributed by atoms with Gasteiger partial charge < -0.3 is 10.4 Å². The van der Waals surface area contributed by atoms with Crippen LogP contribution in [0.5, 0.6) is 0 Å². The molecule has 6 nitrogen and oxygen atoms in total. The highest BCUT2D eigenvalue weighted by molar-refractivity contribution is 5.72. The number of hydrogen-bond donors (Lipinski definition) is 2. The topological polar surface area (TPSA) is 92.5 Å². The van der Waals surface area contributed by atoms with Gasteiger partial charge in [0.2, 0.25) is 5.91 Å². The van der Waals surface area contributed by atoms with Gasteiger partial charge in [-0.2, -0.15) is 0 Å². The van der Waals surface area contributed by atoms with Crippen LogP contribution in [0.25, 0.3) is 0 Å². The molecular formula is C11H14N2O4. The van der Waals surface area contributed by atoms with E-state index in [1.807, 2.05) is 0 Å². The van der Waals surface area contributed by atoms with E-state index in [4.69, 9.17) is 0 Å². The lowest BCUT2D eigenvalue weighted by atomic mass is 9.96. The van der Waals surface area contributed by atoms with Gasteiger partial charge in [-0.3, -0.25) is 14.9 Å². The molecule has 0 fully saturated rings. The standard InChI is InChI=1S/C11H14N2O4/c1-8(14)12-7-11(2,15)9-3-5-10(6-4-9)13(16)17/h3-6,15H,7H2,1-2H3,(H,12,14). The summed E-state index contributed by atoms with van der Waals surface area (Å²) in [7, 11) is 0. The van der Waals surface area contributed by atoms with Gasteiger partial charge in [-0.1, -0.05) is 0 Å². The van der Waals surface area contributed by atoms with Crippen LogP contribution < -0.4 is 5.32 Å². The van der Waals surface area contributed by atoms with Crippen molar-refractivity contribution in [3.05, 3.63) is 39.9 Å². The summed E-state index contributed by atoms with van der Waals surface area (Å²) in [6, 6.07) is 5.58. The Hall–Kier alpha value is -1.95. The van der Waals surface area contributed by atoms with Crippen LogP contribution in [-0.4, -0.2) is 22.5 Å². The second-order valence-electron chi connectivity index (χ2n) is 3.99. The monoisotopic (exact) mass is 238 g/mol. The van der Waals surface area contributed by atoms with Gasteiger partial charge in [-0.25, -0.2) is 0 Å². The summed E-state index contributed by atoms with van der Waals surface area (Å²) in [5.41, 5.74) is -0.776. The van der Waals surface area contributed by atoms with Crippen LogP contribution in [-0.2, 0) is 10.4 Å². The van der Waals surface area contributed by atoms with Gasteiger partial charge in [-0.15, -0.1) is 0 Å². The molecule has 1 amide bonds. The number of hydrogen-bond acceptors (Lipinski definition) is 4. The lowest BCUT2D eigenvalue weighted by Gasteiger charge is -2.23. The average Bonchev–Trinajstić information content (AvgIpc) is 2.27. The van der Waals surface area contributed by atoms with Crippen LogP contribution in [0.4, 0.5) is 5.69 Å². The normalized spacial score (nSPS) is 13.8. The van der Waals surface area contributed by atoms with E-state index in [1.165, 1.54) is 38.1 Å². The number of rotatable bonds is 4. The highest BCUT2D eigenvalue weighted by Crippen LogP contribution is 2.22. The number of amides is 1. The molecule has 0 saturated heterocycles. The maximum absolute atomic E-state index is 10.8. The lowest BCUT2D eigenvalue weighted by Crippen LogP contribution is -2.37. The van der Waals surface area contributed by atoms with Crippen LogP contribution in [0.15, 0.2) is 24.3 Å². The number of nitrogens with one attached hydrogen (secondary N) is 1. The van der Waals surface area contributed by atoms with Crippen molar-refractivity contribution >= 4 is 11.6 Å². The second-order valence-corrected chi connectivity index (χ2v) is 3.99. The van der Waals surface area contributed by atoms with Crippen molar-refractivity contribution in [2.24, 2.45) is 0 Å². The van der Waals surface area contributed by atoms with Crippen molar-refractivity contribution < 1.29 is 14.8 Å². The molecule has 0 saturated carbocycles. The molecule has 0 spiro atoms. The summed E-state index contributed by atoms with van der Waals surface area (Å²) < 4.78 is 0. The molecule has 1 atom stereocenters. The first-order chi connectivity index (χ1) is 7.83. The van der Waals surface area contributed by atoms with E-state index in [0.717, 1.165) is 0 Å². The van der Waals surface area contributed by atoms with E-state index in [-0.39, 0.29) is 18.1 Å². The zero-order chi connectivity index (χ0) is 13.1. The average molecular weight is 238 g/mol. The fraction of sp³-hybridized carbons (Fsp3) is 0.364. The first-order valence-electron chi connectivity index (χ1n) is 5.04. The summed E-state index contributed by atoms with van der Waals surface area (Å²) in [5, 5.41) is 23.0. The number of aliphatic hydroxyl groups is 1. The number of carbonyl (C=O) groups is 1. The number of nitro groups is 1. The zero-order valence-corrected chi connectivity index (χ0v) is 9.64. The molecule has 1 unspecified atom stereocenters. The van der Waals surface area contributed by atoms with Crippen molar-refractivity contribution in [3.63, 3.8) is 0 Å². The predicted octanol–water partition coefficient (Wildman–Crippen LogP) is 0.938. The Kier molecular flexibility index (Phi) is 3.80. The molecule has 0 aliphatic rings. The van der Waals surface area contributed by atoms with Crippen LogP contribution in [0.2, 0.25) is 0 Å². The molecule has 0 heterocycles. The fourth-order valence-corrected chi connectivity index (χ4v) is 1.34. The number of nitrogens with zero attached hydrogens (tertiary/aromatic N) is 1. The molecule has 6 heteroatoms. The molecule has 2 N–H and O–H groups in total. The molecular weight excluding hydrogens is 224 g/mol. The molecule has 92 valence electrons. The Morgan fingerprint density at radius 3 is 2.41 bits per heavy atom. The molecule has 1 rings (SSSR count). The molecule has 1 aromatic rings. The molecule has 0 aliphatic carbocycles. The molecule has 1 aromatic carbocycles. The smallest absolute Gasteiger partial charge is 0.269 e.